The number of nitro benzene ring substituents is 1. The van der Waals surface area contributed by atoms with Gasteiger partial charge in [0, 0.05) is 11.0 Å². The Bertz CT molecular complexity index is 831. The average Bonchev–Trinajstić information content (AvgIpc) is 2.46. The first kappa shape index (κ1) is 17.5. The lowest BCUT2D eigenvalue weighted by atomic mass is 10.0. The third-order valence-corrected chi connectivity index (χ3v) is 5.21. The van der Waals surface area contributed by atoms with Gasteiger partial charge in [-0.1, -0.05) is 37.7 Å². The topological polar surface area (TPSA) is 103 Å². The molecule has 0 atom stereocenters. The second-order valence-electron chi connectivity index (χ2n) is 5.26. The molecule has 0 bridgehead atoms. The van der Waals surface area contributed by atoms with Gasteiger partial charge in [0.2, 0.25) is 10.0 Å². The maximum atomic E-state index is 11.3. The minimum absolute atomic E-state index is 0.274. The highest BCUT2D eigenvalue weighted by Gasteiger charge is 2.19. The molecule has 0 spiro atoms. The quantitative estimate of drug-likeness (QED) is 0.655. The van der Waals surface area contributed by atoms with Crippen LogP contribution in [-0.4, -0.2) is 13.3 Å². The van der Waals surface area contributed by atoms with E-state index in [0.29, 0.717) is 10.8 Å². The highest BCUT2D eigenvalue weighted by Crippen LogP contribution is 2.36. The van der Waals surface area contributed by atoms with E-state index in [1.54, 1.807) is 0 Å². The number of sulfonamides is 1. The maximum absolute atomic E-state index is 11.3. The molecule has 6 nitrogen and oxygen atoms in total. The lowest BCUT2D eigenvalue weighted by molar-refractivity contribution is -0.388. The summed E-state index contributed by atoms with van der Waals surface area (Å²) in [6.45, 7) is 4.16. The summed E-state index contributed by atoms with van der Waals surface area (Å²) in [6.07, 6.45) is 0. The van der Waals surface area contributed by atoms with Crippen molar-refractivity contribution in [2.75, 3.05) is 0 Å². The molecule has 2 rings (SSSR count). The maximum Gasteiger partial charge on any atom is 0.284 e. The number of primary sulfonamides is 1. The highest BCUT2D eigenvalue weighted by atomic mass is 32.2. The van der Waals surface area contributed by atoms with E-state index in [1.807, 2.05) is 24.3 Å². The molecule has 8 heteroatoms. The summed E-state index contributed by atoms with van der Waals surface area (Å²) in [7, 11) is -3.98. The predicted molar refractivity (Wildman–Crippen MR) is 89.1 cm³/mol. The van der Waals surface area contributed by atoms with E-state index in [2.05, 4.69) is 13.8 Å². The molecule has 122 valence electrons. The highest BCUT2D eigenvalue weighted by molar-refractivity contribution is 7.99. The van der Waals surface area contributed by atoms with Crippen LogP contribution in [-0.2, 0) is 10.0 Å². The van der Waals surface area contributed by atoms with E-state index in [4.69, 9.17) is 5.14 Å². The van der Waals surface area contributed by atoms with Gasteiger partial charge in [-0.15, -0.1) is 0 Å². The van der Waals surface area contributed by atoms with Crippen LogP contribution in [0.5, 0.6) is 0 Å². The Labute approximate surface area is 138 Å². The van der Waals surface area contributed by atoms with Crippen LogP contribution in [0.1, 0.15) is 25.3 Å². The number of benzene rings is 2. The monoisotopic (exact) mass is 352 g/mol. The van der Waals surface area contributed by atoms with Gasteiger partial charge in [0.15, 0.2) is 0 Å². The third kappa shape index (κ3) is 4.31. The van der Waals surface area contributed by atoms with Gasteiger partial charge in [0.25, 0.3) is 5.69 Å². The van der Waals surface area contributed by atoms with Crippen molar-refractivity contribution in [1.82, 2.24) is 0 Å². The third-order valence-electron chi connectivity index (χ3n) is 3.23. The normalized spacial score (nSPS) is 11.7. The SMILES string of the molecule is CC(C)c1ccc(Sc2ccc(S(N)(=O)=O)cc2[N+](=O)[O-])cc1. The lowest BCUT2D eigenvalue weighted by Gasteiger charge is -2.08. The van der Waals surface area contributed by atoms with Crippen LogP contribution in [0, 0.1) is 10.1 Å². The zero-order valence-corrected chi connectivity index (χ0v) is 14.2. The Morgan fingerprint density at radius 3 is 2.22 bits per heavy atom. The zero-order chi connectivity index (χ0) is 17.2. The number of nitrogens with two attached hydrogens (primary N) is 1. The van der Waals surface area contributed by atoms with E-state index in [1.165, 1.54) is 29.5 Å². The second-order valence-corrected chi connectivity index (χ2v) is 7.93. The fraction of sp³-hybridized carbons (Fsp3) is 0.200. The summed E-state index contributed by atoms with van der Waals surface area (Å²) >= 11 is 1.20. The smallest absolute Gasteiger partial charge is 0.258 e. The number of hydrogen-bond donors (Lipinski definition) is 1. The molecule has 23 heavy (non-hydrogen) atoms. The molecule has 2 aromatic carbocycles. The molecule has 0 aromatic heterocycles. The molecular formula is C15H16N2O4S2. The van der Waals surface area contributed by atoms with Crippen LogP contribution >= 0.6 is 11.8 Å². The van der Waals surface area contributed by atoms with Gasteiger partial charge in [-0.2, -0.15) is 0 Å². The van der Waals surface area contributed by atoms with Crippen LogP contribution < -0.4 is 5.14 Å². The number of hydrogen-bond acceptors (Lipinski definition) is 5. The van der Waals surface area contributed by atoms with E-state index < -0.39 is 14.9 Å². The Hall–Kier alpha value is -1.90. The van der Waals surface area contributed by atoms with E-state index >= 15 is 0 Å². The molecule has 0 radical (unpaired) electrons. The summed E-state index contributed by atoms with van der Waals surface area (Å²) in [5.41, 5.74) is 0.892. The molecule has 0 heterocycles. The van der Waals surface area contributed by atoms with E-state index in [9.17, 15) is 18.5 Å². The molecule has 0 amide bonds. The van der Waals surface area contributed by atoms with Crippen molar-refractivity contribution in [3.63, 3.8) is 0 Å². The minimum Gasteiger partial charge on any atom is -0.258 e. The largest absolute Gasteiger partial charge is 0.284 e. The Kier molecular flexibility index (Phi) is 5.08. The molecule has 2 aromatic rings. The summed E-state index contributed by atoms with van der Waals surface area (Å²) in [5, 5.41) is 16.2. The van der Waals surface area contributed by atoms with Crippen molar-refractivity contribution in [1.29, 1.82) is 0 Å². The van der Waals surface area contributed by atoms with Crippen LogP contribution in [0.4, 0.5) is 5.69 Å². The van der Waals surface area contributed by atoms with E-state index in [-0.39, 0.29) is 10.6 Å². The Morgan fingerprint density at radius 1 is 1.13 bits per heavy atom. The molecule has 0 unspecified atom stereocenters. The van der Waals surface area contributed by atoms with Gasteiger partial charge in [0.05, 0.1) is 14.7 Å². The summed E-state index contributed by atoms with van der Waals surface area (Å²) in [6, 6.07) is 11.4. The molecule has 0 saturated carbocycles. The molecule has 0 aliphatic carbocycles. The van der Waals surface area contributed by atoms with Crippen molar-refractivity contribution in [3.8, 4) is 0 Å². The van der Waals surface area contributed by atoms with Crippen LogP contribution in [0.2, 0.25) is 0 Å². The molecule has 0 saturated heterocycles. The fourth-order valence-corrected chi connectivity index (χ4v) is 3.38. The lowest BCUT2D eigenvalue weighted by Crippen LogP contribution is -2.12. The summed E-state index contributed by atoms with van der Waals surface area (Å²) < 4.78 is 22.7. The predicted octanol–water partition coefficient (Wildman–Crippen LogP) is 3.52. The number of rotatable bonds is 5. The molecular weight excluding hydrogens is 336 g/mol. The Balaban J connectivity index is 2.37. The van der Waals surface area contributed by atoms with Crippen molar-refractivity contribution in [2.24, 2.45) is 5.14 Å². The molecule has 0 aliphatic heterocycles. The van der Waals surface area contributed by atoms with Crippen molar-refractivity contribution >= 4 is 27.5 Å². The van der Waals surface area contributed by atoms with Crippen LogP contribution in [0.25, 0.3) is 0 Å². The van der Waals surface area contributed by atoms with Gasteiger partial charge in [-0.25, -0.2) is 13.6 Å². The average molecular weight is 352 g/mol. The van der Waals surface area contributed by atoms with Crippen LogP contribution in [0.15, 0.2) is 57.2 Å². The van der Waals surface area contributed by atoms with Crippen molar-refractivity contribution in [2.45, 2.75) is 34.5 Å². The first-order valence-electron chi connectivity index (χ1n) is 6.77. The number of nitrogens with zero attached hydrogens (tertiary/aromatic N) is 1. The van der Waals surface area contributed by atoms with Crippen molar-refractivity contribution in [3.05, 3.63) is 58.1 Å². The summed E-state index contributed by atoms with van der Waals surface area (Å²) in [4.78, 5) is 11.5. The first-order valence-corrected chi connectivity index (χ1v) is 9.14. The van der Waals surface area contributed by atoms with E-state index in [0.717, 1.165) is 11.0 Å². The first-order chi connectivity index (χ1) is 10.7. The fourth-order valence-electron chi connectivity index (χ4n) is 1.95. The van der Waals surface area contributed by atoms with Gasteiger partial charge >= 0.3 is 0 Å². The van der Waals surface area contributed by atoms with Gasteiger partial charge in [0.1, 0.15) is 0 Å². The van der Waals surface area contributed by atoms with Gasteiger partial charge < -0.3 is 0 Å². The standard InChI is InChI=1S/C15H16N2O4S2/c1-10(2)11-3-5-12(6-4-11)22-15-8-7-13(23(16,20)21)9-14(15)17(18)19/h3-10H,1-2H3,(H2,16,20,21). The van der Waals surface area contributed by atoms with Crippen LogP contribution in [0.3, 0.4) is 0 Å². The molecule has 0 aliphatic rings. The molecule has 0 fully saturated rings. The van der Waals surface area contributed by atoms with Crippen molar-refractivity contribution < 1.29 is 13.3 Å². The minimum atomic E-state index is -3.98. The molecule has 2 N–H and O–H groups in total. The van der Waals surface area contributed by atoms with Gasteiger partial charge in [-0.05, 0) is 35.7 Å². The summed E-state index contributed by atoms with van der Waals surface area (Å²) in [5.74, 6) is 0.400. The second kappa shape index (κ2) is 6.69. The van der Waals surface area contributed by atoms with Gasteiger partial charge in [-0.3, -0.25) is 10.1 Å². The zero-order valence-electron chi connectivity index (χ0n) is 12.6. The number of nitro groups is 1. The Morgan fingerprint density at radius 2 is 1.74 bits per heavy atom.